The number of nitrogens with one attached hydrogen (secondary N) is 2. The lowest BCUT2D eigenvalue weighted by molar-refractivity contribution is 0.600. The third-order valence-corrected chi connectivity index (χ3v) is 5.47. The van der Waals surface area contributed by atoms with Gasteiger partial charge < -0.3 is 5.73 Å². The van der Waals surface area contributed by atoms with Crippen molar-refractivity contribution in [1.29, 1.82) is 0 Å². The number of hydrogen-bond acceptors (Lipinski definition) is 4. The first-order valence-corrected chi connectivity index (χ1v) is 8.16. The van der Waals surface area contributed by atoms with Crippen molar-refractivity contribution in [3.05, 3.63) is 32.8 Å². The number of nitrogens with zero attached hydrogens (tertiary/aromatic N) is 1. The monoisotopic (exact) mass is 408 g/mol. The summed E-state index contributed by atoms with van der Waals surface area (Å²) in [6.45, 7) is 1.78. The van der Waals surface area contributed by atoms with Crippen molar-refractivity contribution in [3.63, 3.8) is 0 Å². The Morgan fingerprint density at radius 3 is 2.32 bits per heavy atom. The highest BCUT2D eigenvalue weighted by Crippen LogP contribution is 2.33. The number of nitrogen functional groups attached to an aromatic ring is 1. The van der Waals surface area contributed by atoms with Gasteiger partial charge in [-0.1, -0.05) is 0 Å². The van der Waals surface area contributed by atoms with Crippen molar-refractivity contribution in [2.75, 3.05) is 10.5 Å². The van der Waals surface area contributed by atoms with E-state index in [9.17, 15) is 8.42 Å². The van der Waals surface area contributed by atoms with Gasteiger partial charge in [-0.05, 0) is 50.9 Å². The van der Waals surface area contributed by atoms with Crippen LogP contribution in [-0.4, -0.2) is 18.6 Å². The summed E-state index contributed by atoms with van der Waals surface area (Å²) in [5.41, 5.74) is 6.84. The fraction of sp³-hybridized carbons (Fsp3) is 0.100. The number of halogens is 2. The summed E-state index contributed by atoms with van der Waals surface area (Å²) in [6, 6.07) is 4.64. The third-order valence-electron chi connectivity index (χ3n) is 2.23. The molecule has 9 heteroatoms. The summed E-state index contributed by atoms with van der Waals surface area (Å²) in [6.07, 6.45) is 0. The van der Waals surface area contributed by atoms with Crippen molar-refractivity contribution >= 4 is 53.4 Å². The van der Waals surface area contributed by atoms with E-state index in [2.05, 4.69) is 46.8 Å². The first kappa shape index (κ1) is 14.4. The summed E-state index contributed by atoms with van der Waals surface area (Å²) in [4.78, 5) is 0.0716. The molecule has 0 amide bonds. The molecule has 4 N–H and O–H groups in total. The van der Waals surface area contributed by atoms with Crippen LogP contribution in [0, 0.1) is 6.92 Å². The number of anilines is 2. The second kappa shape index (κ2) is 5.14. The van der Waals surface area contributed by atoms with Crippen LogP contribution >= 0.6 is 31.9 Å². The zero-order valence-electron chi connectivity index (χ0n) is 9.74. The molecule has 0 atom stereocenters. The summed E-state index contributed by atoms with van der Waals surface area (Å²) in [5.74, 6) is 0.230. The fourth-order valence-corrected chi connectivity index (χ4v) is 5.11. The maximum atomic E-state index is 12.3. The quantitative estimate of drug-likeness (QED) is 0.678. The van der Waals surface area contributed by atoms with Crippen LogP contribution in [0.5, 0.6) is 0 Å². The number of hydrogen-bond donors (Lipinski definition) is 3. The van der Waals surface area contributed by atoms with Crippen LogP contribution in [0.2, 0.25) is 0 Å². The molecule has 6 nitrogen and oxygen atoms in total. The molecule has 1 aromatic carbocycles. The highest BCUT2D eigenvalue weighted by atomic mass is 79.9. The van der Waals surface area contributed by atoms with Gasteiger partial charge in [0.2, 0.25) is 0 Å². The van der Waals surface area contributed by atoms with Gasteiger partial charge >= 0.3 is 0 Å². The average Bonchev–Trinajstić information content (AvgIpc) is 2.60. The summed E-state index contributed by atoms with van der Waals surface area (Å²) in [7, 11) is -3.76. The molecule has 0 bridgehead atoms. The molecule has 0 radical (unpaired) electrons. The standard InChI is InChI=1S/C10H10Br2N4O2S/c1-5-2-9(15-14-5)16-19(17,18)10-7(11)3-6(13)4-8(10)12/h2-4H,13H2,1H3,(H2,14,15,16). The first-order valence-electron chi connectivity index (χ1n) is 5.09. The first-order chi connectivity index (χ1) is 8.79. The molecule has 2 aromatic rings. The third kappa shape index (κ3) is 3.10. The zero-order chi connectivity index (χ0) is 14.2. The van der Waals surface area contributed by atoms with E-state index in [0.29, 0.717) is 14.6 Å². The number of aryl methyl sites for hydroxylation is 1. The van der Waals surface area contributed by atoms with Crippen LogP contribution in [0.3, 0.4) is 0 Å². The Labute approximate surface area is 127 Å². The topological polar surface area (TPSA) is 101 Å². The van der Waals surface area contributed by atoms with Gasteiger partial charge in [0.1, 0.15) is 4.90 Å². The van der Waals surface area contributed by atoms with Gasteiger partial charge in [0.15, 0.2) is 5.82 Å². The molecular formula is C10H10Br2N4O2S. The number of aromatic nitrogens is 2. The van der Waals surface area contributed by atoms with Gasteiger partial charge in [0.05, 0.1) is 0 Å². The van der Waals surface area contributed by atoms with Crippen LogP contribution in [-0.2, 0) is 10.0 Å². The van der Waals surface area contributed by atoms with Crippen molar-refractivity contribution in [2.24, 2.45) is 0 Å². The van der Waals surface area contributed by atoms with Crippen molar-refractivity contribution in [1.82, 2.24) is 10.2 Å². The minimum atomic E-state index is -3.76. The van der Waals surface area contributed by atoms with E-state index in [1.807, 2.05) is 0 Å². The van der Waals surface area contributed by atoms with E-state index in [1.165, 1.54) is 12.1 Å². The number of benzene rings is 1. The highest BCUT2D eigenvalue weighted by Gasteiger charge is 2.22. The molecule has 2 rings (SSSR count). The summed E-state index contributed by atoms with van der Waals surface area (Å²) < 4.78 is 27.7. The second-order valence-electron chi connectivity index (χ2n) is 3.86. The van der Waals surface area contributed by atoms with Gasteiger partial charge in [-0.3, -0.25) is 9.82 Å². The number of nitrogens with two attached hydrogens (primary N) is 1. The molecule has 19 heavy (non-hydrogen) atoms. The SMILES string of the molecule is Cc1cc(NS(=O)(=O)c2c(Br)cc(N)cc2Br)n[nH]1. The molecule has 0 saturated carbocycles. The zero-order valence-corrected chi connectivity index (χ0v) is 13.7. The van der Waals surface area contributed by atoms with E-state index >= 15 is 0 Å². The van der Waals surface area contributed by atoms with Crippen LogP contribution in [0.25, 0.3) is 0 Å². The Balaban J connectivity index is 2.45. The molecule has 0 unspecified atom stereocenters. The lowest BCUT2D eigenvalue weighted by atomic mass is 10.3. The van der Waals surface area contributed by atoms with Crippen molar-refractivity contribution in [2.45, 2.75) is 11.8 Å². The number of sulfonamides is 1. The Kier molecular flexibility index (Phi) is 3.88. The number of rotatable bonds is 3. The number of aromatic amines is 1. The molecule has 0 aliphatic carbocycles. The molecule has 0 fully saturated rings. The predicted molar refractivity (Wildman–Crippen MR) is 80.4 cm³/mol. The average molecular weight is 410 g/mol. The minimum absolute atomic E-state index is 0.0716. The van der Waals surface area contributed by atoms with E-state index in [0.717, 1.165) is 5.69 Å². The maximum absolute atomic E-state index is 12.3. The van der Waals surface area contributed by atoms with Crippen molar-refractivity contribution < 1.29 is 8.42 Å². The summed E-state index contributed by atoms with van der Waals surface area (Å²) >= 11 is 6.39. The van der Waals surface area contributed by atoms with Crippen LogP contribution in [0.1, 0.15) is 5.69 Å². The smallest absolute Gasteiger partial charge is 0.265 e. The Bertz CT molecular complexity index is 704. The highest BCUT2D eigenvalue weighted by molar-refractivity contribution is 9.11. The van der Waals surface area contributed by atoms with Crippen LogP contribution in [0.15, 0.2) is 32.0 Å². The van der Waals surface area contributed by atoms with Crippen LogP contribution in [0.4, 0.5) is 11.5 Å². The number of H-pyrrole nitrogens is 1. The molecule has 1 heterocycles. The maximum Gasteiger partial charge on any atom is 0.265 e. The van der Waals surface area contributed by atoms with Gasteiger partial charge in [-0.2, -0.15) is 5.10 Å². The Morgan fingerprint density at radius 2 is 1.84 bits per heavy atom. The van der Waals surface area contributed by atoms with E-state index in [1.54, 1.807) is 13.0 Å². The molecule has 0 aliphatic heterocycles. The van der Waals surface area contributed by atoms with Crippen LogP contribution < -0.4 is 10.5 Å². The Morgan fingerprint density at radius 1 is 1.26 bits per heavy atom. The van der Waals surface area contributed by atoms with Crippen molar-refractivity contribution in [3.8, 4) is 0 Å². The van der Waals surface area contributed by atoms with Gasteiger partial charge in [-0.15, -0.1) is 0 Å². The molecule has 0 saturated heterocycles. The van der Waals surface area contributed by atoms with Gasteiger partial charge in [-0.25, -0.2) is 8.42 Å². The molecule has 102 valence electrons. The van der Waals surface area contributed by atoms with E-state index in [4.69, 9.17) is 5.73 Å². The molecule has 1 aromatic heterocycles. The second-order valence-corrected chi connectivity index (χ2v) is 7.18. The van der Waals surface area contributed by atoms with Gasteiger partial charge in [0.25, 0.3) is 10.0 Å². The van der Waals surface area contributed by atoms with E-state index < -0.39 is 10.0 Å². The normalized spacial score (nSPS) is 11.5. The van der Waals surface area contributed by atoms with E-state index in [-0.39, 0.29) is 10.7 Å². The lowest BCUT2D eigenvalue weighted by Gasteiger charge is -2.10. The minimum Gasteiger partial charge on any atom is -0.399 e. The van der Waals surface area contributed by atoms with Gasteiger partial charge in [0, 0.05) is 26.4 Å². The predicted octanol–water partition coefficient (Wildman–Crippen LogP) is 2.63. The summed E-state index contributed by atoms with van der Waals surface area (Å²) in [5, 5.41) is 6.49. The molecular weight excluding hydrogens is 400 g/mol. The fourth-order valence-electron chi connectivity index (χ4n) is 1.50. The molecule has 0 aliphatic rings. The largest absolute Gasteiger partial charge is 0.399 e. The lowest BCUT2D eigenvalue weighted by Crippen LogP contribution is -2.14. The molecule has 0 spiro atoms. The Hall–Kier alpha value is -1.06.